The second-order valence-electron chi connectivity index (χ2n) is 6.84. The van der Waals surface area contributed by atoms with Crippen LogP contribution in [-0.4, -0.2) is 53.6 Å². The van der Waals surface area contributed by atoms with Crippen LogP contribution < -0.4 is 9.64 Å². The van der Waals surface area contributed by atoms with Gasteiger partial charge in [-0.15, -0.1) is 11.3 Å². The van der Waals surface area contributed by atoms with Gasteiger partial charge in [0, 0.05) is 42.7 Å². The van der Waals surface area contributed by atoms with Crippen LogP contribution in [0.2, 0.25) is 0 Å². The van der Waals surface area contributed by atoms with Crippen LogP contribution in [0.15, 0.2) is 54.2 Å². The Morgan fingerprint density at radius 1 is 1.10 bits per heavy atom. The van der Waals surface area contributed by atoms with Gasteiger partial charge in [-0.2, -0.15) is 0 Å². The van der Waals surface area contributed by atoms with Crippen molar-refractivity contribution in [2.45, 2.75) is 13.3 Å². The van der Waals surface area contributed by atoms with Gasteiger partial charge in [0.05, 0.1) is 18.7 Å². The van der Waals surface area contributed by atoms with Gasteiger partial charge in [-0.3, -0.25) is 4.79 Å². The number of benzene rings is 1. The van der Waals surface area contributed by atoms with Gasteiger partial charge in [-0.05, 0) is 42.6 Å². The molecule has 6 nitrogen and oxygen atoms in total. The largest absolute Gasteiger partial charge is 0.494 e. The first-order valence-electron chi connectivity index (χ1n) is 9.83. The molecule has 29 heavy (non-hydrogen) atoms. The Kier molecular flexibility index (Phi) is 6.05. The van der Waals surface area contributed by atoms with Crippen LogP contribution in [-0.2, 0) is 11.2 Å². The van der Waals surface area contributed by atoms with Crippen LogP contribution in [0.1, 0.15) is 11.8 Å². The van der Waals surface area contributed by atoms with E-state index in [0.29, 0.717) is 26.1 Å². The van der Waals surface area contributed by atoms with E-state index in [1.165, 1.54) is 0 Å². The van der Waals surface area contributed by atoms with Gasteiger partial charge in [-0.25, -0.2) is 9.97 Å². The summed E-state index contributed by atoms with van der Waals surface area (Å²) in [5, 5.41) is 2.01. The Morgan fingerprint density at radius 3 is 2.59 bits per heavy atom. The highest BCUT2D eigenvalue weighted by Gasteiger charge is 2.22. The summed E-state index contributed by atoms with van der Waals surface area (Å²) in [6.45, 7) is 5.60. The Labute approximate surface area is 174 Å². The molecule has 1 aliphatic rings. The quantitative estimate of drug-likeness (QED) is 0.625. The van der Waals surface area contributed by atoms with E-state index >= 15 is 0 Å². The normalized spacial score (nSPS) is 14.1. The molecular weight excluding hydrogens is 384 g/mol. The SMILES string of the molecule is CCOc1ccc(-c2cc(N3CCN(C(=O)Cc4cccs4)CC3)ncn2)cc1. The van der Waals surface area contributed by atoms with Crippen molar-refractivity contribution >= 4 is 23.1 Å². The first-order valence-corrected chi connectivity index (χ1v) is 10.7. The molecule has 1 fully saturated rings. The molecule has 7 heteroatoms. The highest BCUT2D eigenvalue weighted by molar-refractivity contribution is 7.10. The lowest BCUT2D eigenvalue weighted by atomic mass is 10.1. The number of anilines is 1. The van der Waals surface area contributed by atoms with Gasteiger partial charge in [0.15, 0.2) is 0 Å². The molecule has 150 valence electrons. The number of piperazine rings is 1. The van der Waals surface area contributed by atoms with Crippen molar-refractivity contribution in [3.05, 3.63) is 59.0 Å². The molecule has 0 atom stereocenters. The maximum atomic E-state index is 12.5. The molecule has 2 aromatic heterocycles. The van der Waals surface area contributed by atoms with Crippen molar-refractivity contribution in [2.75, 3.05) is 37.7 Å². The van der Waals surface area contributed by atoms with E-state index in [9.17, 15) is 4.79 Å². The topological polar surface area (TPSA) is 58.6 Å². The molecule has 0 saturated carbocycles. The van der Waals surface area contributed by atoms with Crippen LogP contribution in [0.4, 0.5) is 5.82 Å². The van der Waals surface area contributed by atoms with Gasteiger partial charge in [0.1, 0.15) is 17.9 Å². The predicted molar refractivity (Wildman–Crippen MR) is 115 cm³/mol. The number of hydrogen-bond donors (Lipinski definition) is 0. The molecule has 0 bridgehead atoms. The van der Waals surface area contributed by atoms with Gasteiger partial charge in [-0.1, -0.05) is 6.07 Å². The molecule has 3 aromatic rings. The first kappa shape index (κ1) is 19.4. The Balaban J connectivity index is 1.38. The van der Waals surface area contributed by atoms with Gasteiger partial charge >= 0.3 is 0 Å². The number of thiophene rings is 1. The highest BCUT2D eigenvalue weighted by Crippen LogP contribution is 2.24. The number of rotatable bonds is 6. The molecule has 1 amide bonds. The fourth-order valence-corrected chi connectivity index (χ4v) is 4.12. The van der Waals surface area contributed by atoms with E-state index < -0.39 is 0 Å². The lowest BCUT2D eigenvalue weighted by Gasteiger charge is -2.35. The van der Waals surface area contributed by atoms with Crippen molar-refractivity contribution in [3.8, 4) is 17.0 Å². The summed E-state index contributed by atoms with van der Waals surface area (Å²) >= 11 is 1.63. The van der Waals surface area contributed by atoms with Gasteiger partial charge in [0.2, 0.25) is 5.91 Å². The lowest BCUT2D eigenvalue weighted by molar-refractivity contribution is -0.130. The third kappa shape index (κ3) is 4.74. The lowest BCUT2D eigenvalue weighted by Crippen LogP contribution is -2.49. The maximum absolute atomic E-state index is 12.5. The Morgan fingerprint density at radius 2 is 1.90 bits per heavy atom. The molecule has 4 rings (SSSR count). The van der Waals surface area contributed by atoms with Gasteiger partial charge in [0.25, 0.3) is 0 Å². The first-order chi connectivity index (χ1) is 14.2. The van der Waals surface area contributed by atoms with E-state index in [-0.39, 0.29) is 5.91 Å². The molecule has 0 radical (unpaired) electrons. The van der Waals surface area contributed by atoms with E-state index in [0.717, 1.165) is 40.8 Å². The number of amides is 1. The average molecular weight is 409 g/mol. The Bertz CT molecular complexity index is 936. The number of hydrogen-bond acceptors (Lipinski definition) is 6. The number of carbonyl (C=O) groups is 1. The van der Waals surface area contributed by atoms with Crippen LogP contribution in [0, 0.1) is 0 Å². The summed E-state index contributed by atoms with van der Waals surface area (Å²) in [5.74, 6) is 1.95. The van der Waals surface area contributed by atoms with E-state index in [2.05, 4.69) is 14.9 Å². The summed E-state index contributed by atoms with van der Waals surface area (Å²) < 4.78 is 5.51. The zero-order valence-corrected chi connectivity index (χ0v) is 17.3. The second kappa shape index (κ2) is 9.05. The second-order valence-corrected chi connectivity index (χ2v) is 7.88. The minimum atomic E-state index is 0.199. The summed E-state index contributed by atoms with van der Waals surface area (Å²) in [5.41, 5.74) is 1.91. The molecule has 1 saturated heterocycles. The van der Waals surface area contributed by atoms with Crippen molar-refractivity contribution in [2.24, 2.45) is 0 Å². The highest BCUT2D eigenvalue weighted by atomic mass is 32.1. The van der Waals surface area contributed by atoms with Crippen molar-refractivity contribution < 1.29 is 9.53 Å². The monoisotopic (exact) mass is 408 g/mol. The fourth-order valence-electron chi connectivity index (χ4n) is 3.43. The minimum Gasteiger partial charge on any atom is -0.494 e. The molecule has 3 heterocycles. The van der Waals surface area contributed by atoms with Crippen LogP contribution >= 0.6 is 11.3 Å². The Hall–Kier alpha value is -2.93. The molecule has 0 spiro atoms. The number of carbonyl (C=O) groups excluding carboxylic acids is 1. The minimum absolute atomic E-state index is 0.199. The number of aromatic nitrogens is 2. The van der Waals surface area contributed by atoms with E-state index in [1.807, 2.05) is 59.7 Å². The summed E-state index contributed by atoms with van der Waals surface area (Å²) in [6.07, 6.45) is 2.10. The summed E-state index contributed by atoms with van der Waals surface area (Å²) in [4.78, 5) is 26.7. The molecular formula is C22H24N4O2S. The molecule has 0 unspecified atom stereocenters. The van der Waals surface area contributed by atoms with Crippen molar-refractivity contribution in [1.29, 1.82) is 0 Å². The smallest absolute Gasteiger partial charge is 0.227 e. The zero-order valence-electron chi connectivity index (χ0n) is 16.5. The standard InChI is InChI=1S/C22H24N4O2S/c1-2-28-18-7-5-17(6-8-18)20-15-21(24-16-23-20)25-9-11-26(12-10-25)22(27)14-19-4-3-13-29-19/h3-8,13,15-16H,2,9-12,14H2,1H3. The predicted octanol–water partition coefficient (Wildman–Crippen LogP) is 3.50. The maximum Gasteiger partial charge on any atom is 0.227 e. The van der Waals surface area contributed by atoms with Gasteiger partial charge < -0.3 is 14.5 Å². The van der Waals surface area contributed by atoms with Crippen molar-refractivity contribution in [1.82, 2.24) is 14.9 Å². The zero-order chi connectivity index (χ0) is 20.1. The van der Waals surface area contributed by atoms with E-state index in [1.54, 1.807) is 17.7 Å². The van der Waals surface area contributed by atoms with Crippen LogP contribution in [0.5, 0.6) is 5.75 Å². The fraction of sp³-hybridized carbons (Fsp3) is 0.318. The molecule has 0 N–H and O–H groups in total. The number of ether oxygens (including phenoxy) is 1. The molecule has 1 aliphatic heterocycles. The third-order valence-corrected chi connectivity index (χ3v) is 5.85. The van der Waals surface area contributed by atoms with Crippen LogP contribution in [0.3, 0.4) is 0 Å². The number of nitrogens with zero attached hydrogens (tertiary/aromatic N) is 4. The molecule has 0 aliphatic carbocycles. The van der Waals surface area contributed by atoms with E-state index in [4.69, 9.17) is 4.74 Å². The average Bonchev–Trinajstić information content (AvgIpc) is 3.28. The summed E-state index contributed by atoms with van der Waals surface area (Å²) in [6, 6.07) is 14.0. The summed E-state index contributed by atoms with van der Waals surface area (Å²) in [7, 11) is 0. The van der Waals surface area contributed by atoms with Crippen LogP contribution in [0.25, 0.3) is 11.3 Å². The third-order valence-electron chi connectivity index (χ3n) is 4.98. The molecule has 1 aromatic carbocycles. The van der Waals surface area contributed by atoms with Crippen molar-refractivity contribution in [3.63, 3.8) is 0 Å².